The van der Waals surface area contributed by atoms with Gasteiger partial charge in [0.05, 0.1) is 16.7 Å². The smallest absolute Gasteiger partial charge is 0.0546 e. The number of benzene rings is 9. The number of nitrogens with zero attached hydrogens (tertiary/aromatic N) is 2. The molecule has 0 bridgehead atoms. The zero-order valence-corrected chi connectivity index (χ0v) is 28.4. The van der Waals surface area contributed by atoms with Crippen LogP contribution in [0.15, 0.2) is 182 Å². The number of rotatable bonds is 4. The van der Waals surface area contributed by atoms with Crippen molar-refractivity contribution in [2.45, 2.75) is 0 Å². The molecule has 11 rings (SSSR count). The van der Waals surface area contributed by atoms with Gasteiger partial charge in [0, 0.05) is 53.4 Å². The predicted molar refractivity (Wildman–Crippen MR) is 221 cm³/mol. The van der Waals surface area contributed by atoms with Crippen molar-refractivity contribution >= 4 is 103 Å². The number of anilines is 3. The van der Waals surface area contributed by atoms with Gasteiger partial charge in [0.15, 0.2) is 0 Å². The lowest BCUT2D eigenvalue weighted by Gasteiger charge is -2.28. The normalized spacial score (nSPS) is 11.9. The topological polar surface area (TPSA) is 8.17 Å². The summed E-state index contributed by atoms with van der Waals surface area (Å²) < 4.78 is 4.99. The van der Waals surface area contributed by atoms with Crippen molar-refractivity contribution in [3.63, 3.8) is 0 Å². The fourth-order valence-corrected chi connectivity index (χ4v) is 9.43. The van der Waals surface area contributed by atoms with Crippen molar-refractivity contribution in [3.05, 3.63) is 182 Å². The zero-order valence-electron chi connectivity index (χ0n) is 27.6. The standard InChI is InChI=1S/C48H30N2S/c1-2-14-33(15-3-1)50-43-21-11-10-20-40(43)42-29-34(24-26-44(42)50)49(45-28-32-13-5-6-16-36(32)38-18-8-9-19-39(38)45)35-23-25-41-47(30-35)51-46-27-22-31-12-4-7-17-37(31)48(41)46/h1-30H. The van der Waals surface area contributed by atoms with Crippen LogP contribution in [0.4, 0.5) is 17.1 Å². The van der Waals surface area contributed by atoms with E-state index in [1.165, 1.54) is 80.0 Å². The molecule has 0 aliphatic heterocycles. The largest absolute Gasteiger partial charge is 0.310 e. The Labute approximate surface area is 298 Å². The molecule has 2 heterocycles. The Morgan fingerprint density at radius 2 is 1.02 bits per heavy atom. The van der Waals surface area contributed by atoms with E-state index in [4.69, 9.17) is 0 Å². The monoisotopic (exact) mass is 666 g/mol. The fraction of sp³-hybridized carbons (Fsp3) is 0. The lowest BCUT2D eigenvalue weighted by Crippen LogP contribution is -2.10. The molecule has 0 radical (unpaired) electrons. The quantitative estimate of drug-likeness (QED) is 0.170. The van der Waals surface area contributed by atoms with E-state index in [9.17, 15) is 0 Å². The van der Waals surface area contributed by atoms with E-state index < -0.39 is 0 Å². The van der Waals surface area contributed by atoms with Gasteiger partial charge in [-0.15, -0.1) is 11.3 Å². The molecule has 0 spiro atoms. The number of para-hydroxylation sites is 2. The third-order valence-electron chi connectivity index (χ3n) is 10.5. The third kappa shape index (κ3) is 4.29. The molecule has 0 aliphatic carbocycles. The second-order valence-electron chi connectivity index (χ2n) is 13.3. The van der Waals surface area contributed by atoms with Crippen LogP contribution in [0.3, 0.4) is 0 Å². The van der Waals surface area contributed by atoms with E-state index in [1.54, 1.807) is 0 Å². The Morgan fingerprint density at radius 1 is 0.373 bits per heavy atom. The number of hydrogen-bond donors (Lipinski definition) is 0. The Hall–Kier alpha value is -6.42. The molecule has 238 valence electrons. The van der Waals surface area contributed by atoms with Crippen LogP contribution in [0.5, 0.6) is 0 Å². The molecule has 0 fully saturated rings. The average molecular weight is 667 g/mol. The van der Waals surface area contributed by atoms with Crippen molar-refractivity contribution in [2.75, 3.05) is 4.90 Å². The summed E-state index contributed by atoms with van der Waals surface area (Å²) >= 11 is 1.88. The average Bonchev–Trinajstić information content (AvgIpc) is 3.74. The Balaban J connectivity index is 1.21. The second-order valence-corrected chi connectivity index (χ2v) is 14.4. The SMILES string of the molecule is c1ccc(-n2c3ccccc3c3cc(N(c4ccc5c(c4)sc4ccc6ccccc6c45)c4cc5ccccc5c5ccccc45)ccc32)cc1. The van der Waals surface area contributed by atoms with Gasteiger partial charge in [0.1, 0.15) is 0 Å². The van der Waals surface area contributed by atoms with Gasteiger partial charge in [-0.3, -0.25) is 0 Å². The molecular formula is C48H30N2S. The van der Waals surface area contributed by atoms with Crippen LogP contribution in [-0.2, 0) is 0 Å². The van der Waals surface area contributed by atoms with Gasteiger partial charge in [-0.25, -0.2) is 0 Å². The summed E-state index contributed by atoms with van der Waals surface area (Å²) in [6.07, 6.45) is 0. The van der Waals surface area contributed by atoms with Crippen LogP contribution in [0.1, 0.15) is 0 Å². The van der Waals surface area contributed by atoms with Crippen LogP contribution >= 0.6 is 11.3 Å². The van der Waals surface area contributed by atoms with Gasteiger partial charge < -0.3 is 9.47 Å². The molecule has 2 nitrogen and oxygen atoms in total. The van der Waals surface area contributed by atoms with E-state index in [0.717, 1.165) is 17.1 Å². The van der Waals surface area contributed by atoms with Gasteiger partial charge in [0.25, 0.3) is 0 Å². The minimum absolute atomic E-state index is 1.13. The van der Waals surface area contributed by atoms with Gasteiger partial charge in [0.2, 0.25) is 0 Å². The summed E-state index contributed by atoms with van der Waals surface area (Å²) in [5, 5.41) is 12.7. The molecule has 0 aliphatic rings. The summed E-state index contributed by atoms with van der Waals surface area (Å²) in [4.78, 5) is 2.48. The second kappa shape index (κ2) is 11.0. The van der Waals surface area contributed by atoms with Crippen LogP contribution in [0.2, 0.25) is 0 Å². The molecule has 11 aromatic rings. The van der Waals surface area contributed by atoms with Crippen LogP contribution in [0, 0.1) is 0 Å². The van der Waals surface area contributed by atoms with E-state index >= 15 is 0 Å². The highest BCUT2D eigenvalue weighted by molar-refractivity contribution is 7.26. The molecule has 0 amide bonds. The highest BCUT2D eigenvalue weighted by atomic mass is 32.1. The maximum atomic E-state index is 2.48. The Bertz CT molecular complexity index is 3150. The predicted octanol–water partition coefficient (Wildman–Crippen LogP) is 14.1. The van der Waals surface area contributed by atoms with Crippen LogP contribution in [0.25, 0.3) is 80.0 Å². The first kappa shape index (κ1) is 28.4. The fourth-order valence-electron chi connectivity index (χ4n) is 8.28. The molecular weight excluding hydrogens is 637 g/mol. The van der Waals surface area contributed by atoms with Gasteiger partial charge in [-0.2, -0.15) is 0 Å². The lowest BCUT2D eigenvalue weighted by atomic mass is 9.98. The lowest BCUT2D eigenvalue weighted by molar-refractivity contribution is 1.18. The highest BCUT2D eigenvalue weighted by Crippen LogP contribution is 2.46. The summed E-state index contributed by atoms with van der Waals surface area (Å²) in [7, 11) is 0. The number of aromatic nitrogens is 1. The van der Waals surface area contributed by atoms with Crippen molar-refractivity contribution in [3.8, 4) is 5.69 Å². The summed E-state index contributed by atoms with van der Waals surface area (Å²) in [6, 6.07) is 66.8. The van der Waals surface area contributed by atoms with Crippen molar-refractivity contribution < 1.29 is 0 Å². The van der Waals surface area contributed by atoms with Crippen LogP contribution < -0.4 is 4.90 Å². The molecule has 0 N–H and O–H groups in total. The maximum absolute atomic E-state index is 2.48. The van der Waals surface area contributed by atoms with E-state index in [-0.39, 0.29) is 0 Å². The van der Waals surface area contributed by atoms with E-state index in [1.807, 2.05) is 11.3 Å². The number of thiophene rings is 1. The van der Waals surface area contributed by atoms with Crippen molar-refractivity contribution in [1.29, 1.82) is 0 Å². The maximum Gasteiger partial charge on any atom is 0.0546 e. The van der Waals surface area contributed by atoms with Crippen molar-refractivity contribution in [2.24, 2.45) is 0 Å². The zero-order chi connectivity index (χ0) is 33.5. The summed E-state index contributed by atoms with van der Waals surface area (Å²) in [5.41, 5.74) is 7.01. The highest BCUT2D eigenvalue weighted by Gasteiger charge is 2.21. The van der Waals surface area contributed by atoms with Gasteiger partial charge in [-0.05, 0) is 87.6 Å². The first-order valence-corrected chi connectivity index (χ1v) is 18.3. The van der Waals surface area contributed by atoms with Crippen LogP contribution in [-0.4, -0.2) is 4.57 Å². The first-order chi connectivity index (χ1) is 25.3. The van der Waals surface area contributed by atoms with E-state index in [2.05, 4.69) is 191 Å². The molecule has 2 aromatic heterocycles. The minimum atomic E-state index is 1.13. The number of fused-ring (bicyclic) bond motifs is 11. The number of hydrogen-bond acceptors (Lipinski definition) is 2. The molecule has 0 unspecified atom stereocenters. The van der Waals surface area contributed by atoms with Gasteiger partial charge >= 0.3 is 0 Å². The summed E-state index contributed by atoms with van der Waals surface area (Å²) in [5.74, 6) is 0. The Kier molecular flexibility index (Phi) is 6.16. The molecule has 9 aromatic carbocycles. The molecule has 0 saturated carbocycles. The minimum Gasteiger partial charge on any atom is -0.310 e. The van der Waals surface area contributed by atoms with E-state index in [0.29, 0.717) is 0 Å². The Morgan fingerprint density at radius 3 is 1.88 bits per heavy atom. The molecule has 3 heteroatoms. The molecule has 51 heavy (non-hydrogen) atoms. The third-order valence-corrected chi connectivity index (χ3v) is 11.6. The summed E-state index contributed by atoms with van der Waals surface area (Å²) in [6.45, 7) is 0. The van der Waals surface area contributed by atoms with Gasteiger partial charge in [-0.1, -0.05) is 121 Å². The first-order valence-electron chi connectivity index (χ1n) is 17.4. The molecule has 0 saturated heterocycles. The van der Waals surface area contributed by atoms with Crippen molar-refractivity contribution in [1.82, 2.24) is 4.57 Å². The molecule has 0 atom stereocenters.